The predicted octanol–water partition coefficient (Wildman–Crippen LogP) is 3.86. The summed E-state index contributed by atoms with van der Waals surface area (Å²) < 4.78 is 1.36. The van der Waals surface area contributed by atoms with Gasteiger partial charge in [0, 0.05) is 18.8 Å². The fourth-order valence-electron chi connectivity index (χ4n) is 9.22. The van der Waals surface area contributed by atoms with Gasteiger partial charge in [0.15, 0.2) is 0 Å². The van der Waals surface area contributed by atoms with Crippen LogP contribution in [-0.4, -0.2) is 30.2 Å². The molecule has 1 saturated heterocycles. The molecule has 4 aliphatic rings. The van der Waals surface area contributed by atoms with Crippen molar-refractivity contribution in [2.24, 2.45) is 17.3 Å². The Bertz CT molecular complexity index is 985. The Balaban J connectivity index is 0.00000241. The summed E-state index contributed by atoms with van der Waals surface area (Å²) in [4.78, 5) is 0. The molecule has 1 heterocycles. The maximum Gasteiger partial charge on any atom is 0.107 e. The number of hydrogen-bond donors (Lipinski definition) is 0. The van der Waals surface area contributed by atoms with Crippen LogP contribution in [0.2, 0.25) is 0 Å². The number of nitriles is 1. The van der Waals surface area contributed by atoms with E-state index in [9.17, 15) is 5.26 Å². The highest BCUT2D eigenvalue weighted by Crippen LogP contribution is 2.70. The molecule has 0 amide bonds. The van der Waals surface area contributed by atoms with Gasteiger partial charge in [0.25, 0.3) is 0 Å². The third-order valence-electron chi connectivity index (χ3n) is 10.6. The number of nitrogens with zero attached hydrogens (tertiary/aromatic N) is 2. The maximum absolute atomic E-state index is 10.7. The minimum atomic E-state index is -0.542. The Kier molecular flexibility index (Phi) is 6.45. The normalized spacial score (nSPS) is 34.5. The van der Waals surface area contributed by atoms with E-state index < -0.39 is 5.41 Å². The van der Waals surface area contributed by atoms with Crippen LogP contribution in [0.25, 0.3) is 0 Å². The molecule has 2 nitrogen and oxygen atoms in total. The summed E-state index contributed by atoms with van der Waals surface area (Å²) in [6.07, 6.45) is 13.8. The number of halogens is 1. The molecule has 0 N–H and O–H groups in total. The Morgan fingerprint density at radius 2 is 1.50 bits per heavy atom. The lowest BCUT2D eigenvalue weighted by Crippen LogP contribution is -3.00. The van der Waals surface area contributed by atoms with Crippen LogP contribution in [0.5, 0.6) is 0 Å². The van der Waals surface area contributed by atoms with E-state index in [1.54, 1.807) is 0 Å². The van der Waals surface area contributed by atoms with E-state index in [2.05, 4.69) is 73.8 Å². The molecular weight excluding hydrogens is 480 g/mol. The topological polar surface area (TPSA) is 23.8 Å². The molecule has 34 heavy (non-hydrogen) atoms. The standard InChI is InChI=1S/C31H39N2.BrH/c1-33(22-24-11-5-2-6-12-24)28-17-18-30(28)20-25(19-29(30)33)21-31(23-32,26-13-7-3-8-14-26)27-15-9-4-10-16-27;/h3-4,7-10,13-16,24-25,28-29H,2,5-6,11-12,17-22H2,1H3;1H/q+1;/p-1/t25-,28-,29-,30?,33?;/m0./s1. The molecule has 3 aliphatic carbocycles. The van der Waals surface area contributed by atoms with E-state index in [4.69, 9.17) is 0 Å². The van der Waals surface area contributed by atoms with Crippen LogP contribution in [0.4, 0.5) is 0 Å². The first-order valence-corrected chi connectivity index (χ1v) is 13.5. The minimum Gasteiger partial charge on any atom is -1.00 e. The van der Waals surface area contributed by atoms with Gasteiger partial charge in [-0.3, -0.25) is 0 Å². The predicted molar refractivity (Wildman–Crippen MR) is 133 cm³/mol. The van der Waals surface area contributed by atoms with Crippen molar-refractivity contribution in [3.63, 3.8) is 0 Å². The van der Waals surface area contributed by atoms with Gasteiger partial charge in [-0.15, -0.1) is 0 Å². The third kappa shape index (κ3) is 3.51. The van der Waals surface area contributed by atoms with Crippen LogP contribution in [0.1, 0.15) is 75.3 Å². The van der Waals surface area contributed by atoms with Crippen LogP contribution in [0.15, 0.2) is 60.7 Å². The summed E-state index contributed by atoms with van der Waals surface area (Å²) in [5.74, 6) is 1.59. The van der Waals surface area contributed by atoms with E-state index >= 15 is 0 Å². The SMILES string of the molecule is C[N+]1(CC2CCCCC2)[C@H]2CCC23C[C@@H](CC(C#N)(c2ccccc2)c2ccccc2)C[C@@H]31.[Br-]. The van der Waals surface area contributed by atoms with Crippen LogP contribution in [-0.2, 0) is 5.41 Å². The van der Waals surface area contributed by atoms with Crippen molar-refractivity contribution in [2.75, 3.05) is 13.6 Å². The molecule has 0 aromatic heterocycles. The molecule has 3 heteroatoms. The van der Waals surface area contributed by atoms with Crippen molar-refractivity contribution in [2.45, 2.75) is 81.7 Å². The fourth-order valence-corrected chi connectivity index (χ4v) is 9.22. The van der Waals surface area contributed by atoms with Gasteiger partial charge >= 0.3 is 0 Å². The van der Waals surface area contributed by atoms with Gasteiger partial charge in [0.2, 0.25) is 0 Å². The third-order valence-corrected chi connectivity index (χ3v) is 10.6. The largest absolute Gasteiger partial charge is 1.00 e. The number of quaternary nitrogens is 1. The molecule has 5 atom stereocenters. The molecule has 180 valence electrons. The number of piperidine rings is 1. The first kappa shape index (κ1) is 24.1. The molecule has 1 spiro atoms. The van der Waals surface area contributed by atoms with Crippen molar-refractivity contribution < 1.29 is 21.5 Å². The quantitative estimate of drug-likeness (QED) is 0.532. The van der Waals surface area contributed by atoms with Crippen molar-refractivity contribution in [3.8, 4) is 6.07 Å². The first-order chi connectivity index (χ1) is 16.1. The zero-order chi connectivity index (χ0) is 22.5. The zero-order valence-electron chi connectivity index (χ0n) is 20.6. The van der Waals surface area contributed by atoms with Crippen molar-refractivity contribution in [1.29, 1.82) is 5.26 Å². The maximum atomic E-state index is 10.7. The average molecular weight is 520 g/mol. The second-order valence-corrected chi connectivity index (χ2v) is 12.1. The van der Waals surface area contributed by atoms with Gasteiger partial charge in [-0.2, -0.15) is 5.26 Å². The molecule has 0 bridgehead atoms. The molecule has 6 rings (SSSR count). The molecule has 3 saturated carbocycles. The molecule has 2 aromatic carbocycles. The van der Waals surface area contributed by atoms with E-state index in [0.29, 0.717) is 11.3 Å². The van der Waals surface area contributed by atoms with E-state index in [-0.39, 0.29) is 17.0 Å². The van der Waals surface area contributed by atoms with Crippen LogP contribution >= 0.6 is 0 Å². The lowest BCUT2D eigenvalue weighted by molar-refractivity contribution is -1.03. The Morgan fingerprint density at radius 1 is 0.882 bits per heavy atom. The van der Waals surface area contributed by atoms with Gasteiger partial charge in [-0.1, -0.05) is 79.9 Å². The summed E-state index contributed by atoms with van der Waals surface area (Å²) in [5.41, 5.74) is 2.39. The number of benzene rings is 2. The smallest absolute Gasteiger partial charge is 0.107 e. The molecule has 1 aliphatic heterocycles. The molecule has 2 unspecified atom stereocenters. The molecule has 4 fully saturated rings. The number of hydrogen-bond acceptors (Lipinski definition) is 1. The summed E-state index contributed by atoms with van der Waals surface area (Å²) >= 11 is 0. The monoisotopic (exact) mass is 518 g/mol. The van der Waals surface area contributed by atoms with Crippen LogP contribution < -0.4 is 17.0 Å². The van der Waals surface area contributed by atoms with Crippen molar-refractivity contribution in [3.05, 3.63) is 71.8 Å². The van der Waals surface area contributed by atoms with Gasteiger partial charge in [0.05, 0.1) is 25.1 Å². The summed E-state index contributed by atoms with van der Waals surface area (Å²) in [6.45, 7) is 1.42. The van der Waals surface area contributed by atoms with Crippen LogP contribution in [0, 0.1) is 28.6 Å². The lowest BCUT2D eigenvalue weighted by atomic mass is 9.51. The minimum absolute atomic E-state index is 0. The highest BCUT2D eigenvalue weighted by Gasteiger charge is 2.78. The lowest BCUT2D eigenvalue weighted by Gasteiger charge is -2.72. The Morgan fingerprint density at radius 3 is 2.03 bits per heavy atom. The summed E-state index contributed by atoms with van der Waals surface area (Å²) in [6, 6.07) is 25.8. The molecule has 2 aromatic rings. The summed E-state index contributed by atoms with van der Waals surface area (Å²) in [7, 11) is 2.61. The van der Waals surface area contributed by atoms with Gasteiger partial charge in [-0.05, 0) is 49.1 Å². The second-order valence-electron chi connectivity index (χ2n) is 12.1. The van der Waals surface area contributed by atoms with Gasteiger partial charge < -0.3 is 21.5 Å². The molecule has 0 radical (unpaired) electrons. The van der Waals surface area contributed by atoms with Crippen molar-refractivity contribution >= 4 is 0 Å². The van der Waals surface area contributed by atoms with Crippen LogP contribution in [0.3, 0.4) is 0 Å². The fraction of sp³-hybridized carbons (Fsp3) is 0.581. The van der Waals surface area contributed by atoms with E-state index in [1.165, 1.54) is 79.9 Å². The first-order valence-electron chi connectivity index (χ1n) is 13.5. The van der Waals surface area contributed by atoms with Gasteiger partial charge in [-0.25, -0.2) is 0 Å². The van der Waals surface area contributed by atoms with E-state index in [1.807, 2.05) is 0 Å². The highest BCUT2D eigenvalue weighted by atomic mass is 79.9. The zero-order valence-corrected chi connectivity index (χ0v) is 22.2. The number of rotatable bonds is 6. The highest BCUT2D eigenvalue weighted by molar-refractivity contribution is 5.46. The molecular formula is C31H39BrN2. The average Bonchev–Trinajstić information content (AvgIpc) is 3.24. The Hall–Kier alpha value is -1.63. The second kappa shape index (κ2) is 9.11. The Labute approximate surface area is 216 Å². The number of likely N-dealkylation sites (tertiary alicyclic amines) is 1. The van der Waals surface area contributed by atoms with Crippen molar-refractivity contribution in [1.82, 2.24) is 0 Å². The van der Waals surface area contributed by atoms with E-state index in [0.717, 1.165) is 24.4 Å². The summed E-state index contributed by atoms with van der Waals surface area (Å²) in [5, 5.41) is 10.7. The van der Waals surface area contributed by atoms with Gasteiger partial charge in [0.1, 0.15) is 17.5 Å².